The predicted octanol–water partition coefficient (Wildman–Crippen LogP) is 2.93. The number of aldehydes is 1. The van der Waals surface area contributed by atoms with Gasteiger partial charge in [-0.1, -0.05) is 0 Å². The topological polar surface area (TPSA) is 63.9 Å². The maximum Gasteiger partial charge on any atom is 0.265 e. The molecule has 6 nitrogen and oxygen atoms in total. The van der Waals surface area contributed by atoms with E-state index in [9.17, 15) is 9.59 Å². The van der Waals surface area contributed by atoms with Crippen LogP contribution in [0.1, 0.15) is 22.3 Å². The lowest BCUT2D eigenvalue weighted by Crippen LogP contribution is -2.38. The largest absolute Gasteiger partial charge is 0.482 e. The van der Waals surface area contributed by atoms with Crippen molar-refractivity contribution in [3.8, 4) is 17.0 Å². The second-order valence-electron chi connectivity index (χ2n) is 5.57. The molecule has 3 heterocycles. The molecule has 4 rings (SSSR count). The number of carbonyl (C=O) groups is 2. The van der Waals surface area contributed by atoms with Crippen LogP contribution in [0, 0.1) is 6.92 Å². The van der Waals surface area contributed by atoms with Crippen LogP contribution >= 0.6 is 11.3 Å². The Morgan fingerprint density at radius 3 is 3.00 bits per heavy atom. The lowest BCUT2D eigenvalue weighted by atomic mass is 10.1. The zero-order chi connectivity index (χ0) is 16.8. The Labute approximate surface area is 142 Å². The van der Waals surface area contributed by atoms with Gasteiger partial charge in [-0.3, -0.25) is 14.0 Å². The van der Waals surface area contributed by atoms with E-state index in [4.69, 9.17) is 4.74 Å². The van der Waals surface area contributed by atoms with Crippen molar-refractivity contribution in [3.05, 3.63) is 35.0 Å². The highest BCUT2D eigenvalue weighted by Crippen LogP contribution is 2.37. The van der Waals surface area contributed by atoms with E-state index < -0.39 is 0 Å². The van der Waals surface area contributed by atoms with Gasteiger partial charge in [0.25, 0.3) is 5.91 Å². The van der Waals surface area contributed by atoms with Crippen molar-refractivity contribution in [2.45, 2.75) is 13.8 Å². The number of anilines is 1. The molecule has 3 aromatic rings. The van der Waals surface area contributed by atoms with Crippen LogP contribution < -0.4 is 9.64 Å². The van der Waals surface area contributed by atoms with Gasteiger partial charge in [-0.05, 0) is 32.0 Å². The molecule has 1 aliphatic heterocycles. The third-order valence-corrected chi connectivity index (χ3v) is 4.98. The molecule has 0 aliphatic carbocycles. The molecule has 1 aliphatic rings. The molecule has 0 bridgehead atoms. The molecule has 122 valence electrons. The third-order valence-electron chi connectivity index (χ3n) is 4.08. The highest BCUT2D eigenvalue weighted by molar-refractivity contribution is 7.17. The van der Waals surface area contributed by atoms with Crippen LogP contribution in [0.5, 0.6) is 5.75 Å². The van der Waals surface area contributed by atoms with E-state index in [1.165, 1.54) is 11.3 Å². The second-order valence-corrected chi connectivity index (χ2v) is 6.78. The third kappa shape index (κ3) is 2.12. The van der Waals surface area contributed by atoms with Crippen molar-refractivity contribution in [1.29, 1.82) is 0 Å². The molecule has 0 spiro atoms. The molecule has 0 atom stereocenters. The number of imidazole rings is 1. The lowest BCUT2D eigenvalue weighted by Gasteiger charge is -2.28. The van der Waals surface area contributed by atoms with Crippen molar-refractivity contribution in [3.63, 3.8) is 0 Å². The van der Waals surface area contributed by atoms with Gasteiger partial charge in [0.05, 0.1) is 5.69 Å². The number of amides is 1. The standard InChI is InChI=1S/C17H15N3O3S/c1-3-19-12-6-11(4-5-14(12)23-9-15(19)22)16-13(8-21)20-7-10(2)24-17(20)18-16/h4-8H,3,9H2,1-2H3. The first-order valence-corrected chi connectivity index (χ1v) is 8.45. The molecule has 0 radical (unpaired) electrons. The van der Waals surface area contributed by atoms with Crippen molar-refractivity contribution < 1.29 is 14.3 Å². The second kappa shape index (κ2) is 5.45. The molecule has 7 heteroatoms. The summed E-state index contributed by atoms with van der Waals surface area (Å²) in [6.45, 7) is 4.52. The molecular weight excluding hydrogens is 326 g/mol. The first kappa shape index (κ1) is 14.9. The van der Waals surface area contributed by atoms with Crippen LogP contribution in [0.15, 0.2) is 24.4 Å². The number of rotatable bonds is 3. The summed E-state index contributed by atoms with van der Waals surface area (Å²) in [6.07, 6.45) is 2.73. The van der Waals surface area contributed by atoms with Gasteiger partial charge in [0, 0.05) is 23.2 Å². The molecule has 2 aromatic heterocycles. The maximum absolute atomic E-state index is 12.0. The summed E-state index contributed by atoms with van der Waals surface area (Å²) in [5.74, 6) is 0.601. The highest BCUT2D eigenvalue weighted by Gasteiger charge is 2.25. The van der Waals surface area contributed by atoms with E-state index in [1.807, 2.05) is 38.2 Å². The van der Waals surface area contributed by atoms with Crippen LogP contribution in [0.25, 0.3) is 16.2 Å². The Kier molecular flexibility index (Phi) is 3.38. The minimum absolute atomic E-state index is 0.0548. The smallest absolute Gasteiger partial charge is 0.265 e. The number of fused-ring (bicyclic) bond motifs is 2. The van der Waals surface area contributed by atoms with Gasteiger partial charge in [-0.2, -0.15) is 0 Å². The summed E-state index contributed by atoms with van der Waals surface area (Å²) >= 11 is 1.54. The number of carbonyl (C=O) groups excluding carboxylic acids is 2. The number of benzene rings is 1. The first-order valence-electron chi connectivity index (χ1n) is 7.63. The van der Waals surface area contributed by atoms with Crippen molar-refractivity contribution in [2.75, 3.05) is 18.1 Å². The van der Waals surface area contributed by atoms with Gasteiger partial charge >= 0.3 is 0 Å². The number of ether oxygens (including phenoxy) is 1. The normalized spacial score (nSPS) is 13.9. The first-order chi connectivity index (χ1) is 11.6. The number of aromatic nitrogens is 2. The van der Waals surface area contributed by atoms with E-state index >= 15 is 0 Å². The Morgan fingerprint density at radius 2 is 2.25 bits per heavy atom. The van der Waals surface area contributed by atoms with Gasteiger partial charge in [-0.15, -0.1) is 11.3 Å². The quantitative estimate of drug-likeness (QED) is 0.687. The summed E-state index contributed by atoms with van der Waals surface area (Å²) in [5.41, 5.74) is 2.64. The van der Waals surface area contributed by atoms with E-state index in [0.717, 1.165) is 27.4 Å². The van der Waals surface area contributed by atoms with Crippen LogP contribution in [0.3, 0.4) is 0 Å². The minimum atomic E-state index is -0.0702. The number of likely N-dealkylation sites (N-methyl/N-ethyl adjacent to an activating group) is 1. The fourth-order valence-corrected chi connectivity index (χ4v) is 3.83. The zero-order valence-corrected chi connectivity index (χ0v) is 14.1. The van der Waals surface area contributed by atoms with Crippen LogP contribution in [-0.4, -0.2) is 34.7 Å². The summed E-state index contributed by atoms with van der Waals surface area (Å²) in [4.78, 5) is 31.8. The van der Waals surface area contributed by atoms with Gasteiger partial charge in [0.2, 0.25) is 0 Å². The van der Waals surface area contributed by atoms with E-state index in [-0.39, 0.29) is 12.5 Å². The van der Waals surface area contributed by atoms with E-state index in [0.29, 0.717) is 23.7 Å². The van der Waals surface area contributed by atoms with Crippen LogP contribution in [0.4, 0.5) is 5.69 Å². The molecule has 1 amide bonds. The van der Waals surface area contributed by atoms with E-state index in [2.05, 4.69) is 4.98 Å². The number of thiazole rings is 1. The van der Waals surface area contributed by atoms with Gasteiger partial charge in [-0.25, -0.2) is 4.98 Å². The molecule has 0 saturated carbocycles. The lowest BCUT2D eigenvalue weighted by molar-refractivity contribution is -0.121. The summed E-state index contributed by atoms with van der Waals surface area (Å²) in [5, 5.41) is 0. The number of hydrogen-bond donors (Lipinski definition) is 0. The average Bonchev–Trinajstić information content (AvgIpc) is 3.09. The predicted molar refractivity (Wildman–Crippen MR) is 92.2 cm³/mol. The Bertz CT molecular complexity index is 973. The molecule has 0 unspecified atom stereocenters. The monoisotopic (exact) mass is 341 g/mol. The van der Waals surface area contributed by atoms with Crippen molar-refractivity contribution in [1.82, 2.24) is 9.38 Å². The Balaban J connectivity index is 1.89. The Hall–Kier alpha value is -2.67. The van der Waals surface area contributed by atoms with Crippen LogP contribution in [0.2, 0.25) is 0 Å². The fourth-order valence-electron chi connectivity index (χ4n) is 2.99. The fraction of sp³-hybridized carbons (Fsp3) is 0.235. The minimum Gasteiger partial charge on any atom is -0.482 e. The molecular formula is C17H15N3O3S. The molecule has 0 fully saturated rings. The van der Waals surface area contributed by atoms with E-state index in [1.54, 1.807) is 9.30 Å². The summed E-state index contributed by atoms with van der Waals surface area (Å²) < 4.78 is 7.30. The maximum atomic E-state index is 12.0. The highest BCUT2D eigenvalue weighted by atomic mass is 32.1. The van der Waals surface area contributed by atoms with Gasteiger partial charge in [0.1, 0.15) is 17.1 Å². The van der Waals surface area contributed by atoms with Crippen LogP contribution in [-0.2, 0) is 4.79 Å². The SMILES string of the molecule is CCN1C(=O)COc2ccc(-c3nc4sc(C)cn4c3C=O)cc21. The number of nitrogens with zero attached hydrogens (tertiary/aromatic N) is 3. The zero-order valence-electron chi connectivity index (χ0n) is 13.3. The molecule has 0 saturated heterocycles. The molecule has 0 N–H and O–H groups in total. The summed E-state index contributed by atoms with van der Waals surface area (Å²) in [6, 6.07) is 5.56. The van der Waals surface area contributed by atoms with Gasteiger partial charge in [0.15, 0.2) is 17.9 Å². The average molecular weight is 341 g/mol. The van der Waals surface area contributed by atoms with Crippen molar-refractivity contribution in [2.24, 2.45) is 0 Å². The molecule has 24 heavy (non-hydrogen) atoms. The number of hydrogen-bond acceptors (Lipinski definition) is 5. The Morgan fingerprint density at radius 1 is 1.42 bits per heavy atom. The van der Waals surface area contributed by atoms with Crippen molar-refractivity contribution >= 4 is 34.2 Å². The number of aryl methyl sites for hydroxylation is 1. The molecule has 1 aromatic carbocycles. The van der Waals surface area contributed by atoms with Gasteiger partial charge < -0.3 is 9.64 Å². The summed E-state index contributed by atoms with van der Waals surface area (Å²) in [7, 11) is 0.